The molecule has 2 aromatic rings. The van der Waals surface area contributed by atoms with Gasteiger partial charge in [0.15, 0.2) is 0 Å². The van der Waals surface area contributed by atoms with Crippen LogP contribution >= 0.6 is 11.6 Å². The number of nitrogen functional groups attached to an aromatic ring is 1. The van der Waals surface area contributed by atoms with Crippen LogP contribution in [-0.2, 0) is 18.1 Å². The van der Waals surface area contributed by atoms with Gasteiger partial charge in [0, 0.05) is 11.2 Å². The molecule has 0 bridgehead atoms. The Morgan fingerprint density at radius 2 is 1.76 bits per heavy atom. The Bertz CT molecular complexity index is 735. The molecular weight excluding hydrogens is 349 g/mol. The fourth-order valence-corrected chi connectivity index (χ4v) is 3.05. The lowest BCUT2D eigenvalue weighted by Crippen LogP contribution is -2.38. The number of nitrogens with one attached hydrogen (secondary N) is 1. The van der Waals surface area contributed by atoms with E-state index < -0.39 is 11.7 Å². The average molecular weight is 371 g/mol. The summed E-state index contributed by atoms with van der Waals surface area (Å²) in [6.07, 6.45) is -3.86. The Labute approximate surface area is 151 Å². The summed E-state index contributed by atoms with van der Waals surface area (Å²) in [4.78, 5) is 0. The zero-order valence-corrected chi connectivity index (χ0v) is 15.2. The largest absolute Gasteiger partial charge is 0.417 e. The Morgan fingerprint density at radius 3 is 2.32 bits per heavy atom. The summed E-state index contributed by atoms with van der Waals surface area (Å²) in [5.41, 5.74) is 8.40. The van der Waals surface area contributed by atoms with Crippen molar-refractivity contribution in [2.24, 2.45) is 0 Å². The van der Waals surface area contributed by atoms with Crippen LogP contribution in [0.1, 0.15) is 36.1 Å². The van der Waals surface area contributed by atoms with Crippen LogP contribution in [0.2, 0.25) is 5.02 Å². The zero-order chi connectivity index (χ0) is 18.8. The van der Waals surface area contributed by atoms with Crippen LogP contribution in [0.5, 0.6) is 0 Å². The lowest BCUT2D eigenvalue weighted by Gasteiger charge is -2.28. The van der Waals surface area contributed by atoms with Crippen molar-refractivity contribution in [1.82, 2.24) is 5.32 Å². The Morgan fingerprint density at radius 1 is 1.08 bits per heavy atom. The highest BCUT2D eigenvalue weighted by molar-refractivity contribution is 6.31. The van der Waals surface area contributed by atoms with E-state index in [9.17, 15) is 13.2 Å². The van der Waals surface area contributed by atoms with Gasteiger partial charge in [-0.1, -0.05) is 23.7 Å². The highest BCUT2D eigenvalue weighted by atomic mass is 35.5. The zero-order valence-electron chi connectivity index (χ0n) is 14.5. The topological polar surface area (TPSA) is 38.0 Å². The molecule has 0 aromatic heterocycles. The summed E-state index contributed by atoms with van der Waals surface area (Å²) in [5, 5.41) is 3.15. The van der Waals surface area contributed by atoms with Crippen molar-refractivity contribution in [3.63, 3.8) is 0 Å². The molecule has 0 saturated heterocycles. The minimum Gasteiger partial charge on any atom is -0.399 e. The molecule has 0 aliphatic heterocycles. The van der Waals surface area contributed by atoms with Crippen molar-refractivity contribution in [2.75, 3.05) is 12.3 Å². The summed E-state index contributed by atoms with van der Waals surface area (Å²) < 4.78 is 38.2. The Kier molecular flexibility index (Phi) is 5.69. The number of nitrogens with two attached hydrogens (primary N) is 1. The molecule has 6 heteroatoms. The standard InChI is InChI=1S/C19H22ClF3N2/c1-12-8-14(11-15(24)9-12)18(2,3)25-7-6-13-4-5-16(17(20)10-13)19(21,22)23/h4-5,8-11,25H,6-7,24H2,1-3H3. The van der Waals surface area contributed by atoms with Crippen molar-refractivity contribution < 1.29 is 13.2 Å². The molecular formula is C19H22ClF3N2. The second-order valence-corrected chi connectivity index (χ2v) is 7.15. The van der Waals surface area contributed by atoms with Crippen LogP contribution in [0.4, 0.5) is 18.9 Å². The Balaban J connectivity index is 2.03. The van der Waals surface area contributed by atoms with Crippen molar-refractivity contribution in [2.45, 2.75) is 38.9 Å². The number of hydrogen-bond acceptors (Lipinski definition) is 2. The van der Waals surface area contributed by atoms with E-state index >= 15 is 0 Å². The molecule has 0 radical (unpaired) electrons. The number of anilines is 1. The van der Waals surface area contributed by atoms with Crippen LogP contribution < -0.4 is 11.1 Å². The first-order valence-corrected chi connectivity index (χ1v) is 8.35. The third kappa shape index (κ3) is 5.13. The summed E-state index contributed by atoms with van der Waals surface area (Å²) in [6.45, 7) is 6.67. The van der Waals surface area contributed by atoms with E-state index in [0.717, 1.165) is 22.8 Å². The van der Waals surface area contributed by atoms with Gasteiger partial charge in [0.25, 0.3) is 0 Å². The maximum atomic E-state index is 12.7. The Hall–Kier alpha value is -1.72. The van der Waals surface area contributed by atoms with E-state index in [1.165, 1.54) is 12.1 Å². The van der Waals surface area contributed by atoms with E-state index in [2.05, 4.69) is 11.4 Å². The minimum atomic E-state index is -4.43. The number of hydrogen-bond donors (Lipinski definition) is 2. The maximum absolute atomic E-state index is 12.7. The lowest BCUT2D eigenvalue weighted by atomic mass is 9.92. The van der Waals surface area contributed by atoms with Crippen LogP contribution in [0.15, 0.2) is 36.4 Å². The third-order valence-corrected chi connectivity index (χ3v) is 4.45. The van der Waals surface area contributed by atoms with E-state index in [1.807, 2.05) is 32.9 Å². The fourth-order valence-electron chi connectivity index (χ4n) is 2.74. The number of benzene rings is 2. The summed E-state index contributed by atoms with van der Waals surface area (Å²) in [6, 6.07) is 9.78. The highest BCUT2D eigenvalue weighted by Crippen LogP contribution is 2.35. The van der Waals surface area contributed by atoms with Gasteiger partial charge >= 0.3 is 6.18 Å². The molecule has 136 valence electrons. The quantitative estimate of drug-likeness (QED) is 0.699. The van der Waals surface area contributed by atoms with Gasteiger partial charge in [-0.3, -0.25) is 0 Å². The predicted molar refractivity (Wildman–Crippen MR) is 96.8 cm³/mol. The minimum absolute atomic E-state index is 0.268. The van der Waals surface area contributed by atoms with Crippen LogP contribution in [-0.4, -0.2) is 6.54 Å². The number of halogens is 4. The van der Waals surface area contributed by atoms with Gasteiger partial charge in [-0.2, -0.15) is 13.2 Å². The molecule has 2 nitrogen and oxygen atoms in total. The SMILES string of the molecule is Cc1cc(N)cc(C(C)(C)NCCc2ccc(C(F)(F)F)c(Cl)c2)c1. The second-order valence-electron chi connectivity index (χ2n) is 6.75. The summed E-state index contributed by atoms with van der Waals surface area (Å²) in [7, 11) is 0. The second kappa shape index (κ2) is 7.26. The van der Waals surface area contributed by atoms with Crippen LogP contribution in [0.25, 0.3) is 0 Å². The molecule has 0 unspecified atom stereocenters. The van der Waals surface area contributed by atoms with E-state index in [0.29, 0.717) is 18.7 Å². The monoisotopic (exact) mass is 370 g/mol. The molecule has 3 N–H and O–H groups in total. The van der Waals surface area contributed by atoms with Crippen molar-refractivity contribution in [3.8, 4) is 0 Å². The molecule has 0 atom stereocenters. The molecule has 2 aromatic carbocycles. The van der Waals surface area contributed by atoms with Gasteiger partial charge in [-0.05, 0) is 74.7 Å². The van der Waals surface area contributed by atoms with Crippen molar-refractivity contribution in [1.29, 1.82) is 0 Å². The van der Waals surface area contributed by atoms with Crippen LogP contribution in [0, 0.1) is 6.92 Å². The van der Waals surface area contributed by atoms with E-state index in [-0.39, 0.29) is 10.6 Å². The first kappa shape index (κ1) is 19.6. The molecule has 2 rings (SSSR count). The molecule has 0 aliphatic carbocycles. The molecule has 0 heterocycles. The first-order valence-electron chi connectivity index (χ1n) is 7.97. The van der Waals surface area contributed by atoms with Gasteiger partial charge in [-0.25, -0.2) is 0 Å². The van der Waals surface area contributed by atoms with Gasteiger partial charge in [0.1, 0.15) is 0 Å². The average Bonchev–Trinajstić information content (AvgIpc) is 2.44. The smallest absolute Gasteiger partial charge is 0.399 e. The predicted octanol–water partition coefficient (Wildman–Crippen LogP) is 5.32. The van der Waals surface area contributed by atoms with E-state index in [1.54, 1.807) is 0 Å². The summed E-state index contributed by atoms with van der Waals surface area (Å²) in [5.74, 6) is 0. The van der Waals surface area contributed by atoms with Crippen LogP contribution in [0.3, 0.4) is 0 Å². The molecule has 0 saturated carbocycles. The molecule has 25 heavy (non-hydrogen) atoms. The molecule has 0 spiro atoms. The van der Waals surface area contributed by atoms with Crippen molar-refractivity contribution >= 4 is 17.3 Å². The number of rotatable bonds is 5. The molecule has 0 amide bonds. The van der Waals surface area contributed by atoms with Gasteiger partial charge < -0.3 is 11.1 Å². The van der Waals surface area contributed by atoms with Gasteiger partial charge in [-0.15, -0.1) is 0 Å². The van der Waals surface area contributed by atoms with Gasteiger partial charge in [0.05, 0.1) is 10.6 Å². The number of alkyl halides is 3. The third-order valence-electron chi connectivity index (χ3n) is 4.14. The maximum Gasteiger partial charge on any atom is 0.417 e. The fraction of sp³-hybridized carbons (Fsp3) is 0.368. The highest BCUT2D eigenvalue weighted by Gasteiger charge is 2.33. The summed E-state index contributed by atoms with van der Waals surface area (Å²) >= 11 is 5.76. The number of aryl methyl sites for hydroxylation is 1. The van der Waals surface area contributed by atoms with Crippen molar-refractivity contribution in [3.05, 3.63) is 63.7 Å². The molecule has 0 fully saturated rings. The van der Waals surface area contributed by atoms with Gasteiger partial charge in [0.2, 0.25) is 0 Å². The normalized spacial score (nSPS) is 12.4. The molecule has 0 aliphatic rings. The lowest BCUT2D eigenvalue weighted by molar-refractivity contribution is -0.137. The van der Waals surface area contributed by atoms with E-state index in [4.69, 9.17) is 17.3 Å². The first-order chi connectivity index (χ1) is 11.5.